The van der Waals surface area contributed by atoms with Crippen LogP contribution in [0.5, 0.6) is 11.5 Å². The summed E-state index contributed by atoms with van der Waals surface area (Å²) in [5.74, 6) is -0.693. The molecule has 0 saturated carbocycles. The number of morpholine rings is 1. The number of benzene rings is 1. The zero-order chi connectivity index (χ0) is 27.0. The number of aliphatic hydroxyl groups is 5. The number of nitrogens with one attached hydrogen (secondary N) is 2. The molecule has 0 aliphatic carbocycles. The summed E-state index contributed by atoms with van der Waals surface area (Å²) >= 11 is 5.47. The van der Waals surface area contributed by atoms with Gasteiger partial charge in [-0.3, -0.25) is 4.79 Å². The Bertz CT molecular complexity index is 905. The van der Waals surface area contributed by atoms with Crippen molar-refractivity contribution in [2.45, 2.75) is 18.1 Å². The van der Waals surface area contributed by atoms with Crippen LogP contribution in [0, 0.1) is 10.7 Å². The lowest BCUT2D eigenvalue weighted by atomic mass is 10.1. The van der Waals surface area contributed by atoms with Crippen molar-refractivity contribution in [1.82, 2.24) is 10.6 Å². The standard InChI is InChI=1S/C19H24I3N3O11/c20-12-15(25-10(5-30)6-34-7-11(25)31)13(21)17(36-19(33)24-9(3-28)4-29)14(22)16(12)35-18(32)23-8(1-26)2-27/h8-10,26-30H,1-7H2,(H,23,32)(H,24,33). The second-order valence-electron chi connectivity index (χ2n) is 7.26. The van der Waals surface area contributed by atoms with Crippen LogP contribution in [0.4, 0.5) is 15.3 Å². The van der Waals surface area contributed by atoms with Crippen molar-refractivity contribution in [3.63, 3.8) is 0 Å². The normalized spacial score (nSPS) is 15.9. The van der Waals surface area contributed by atoms with E-state index in [0.29, 0.717) is 0 Å². The molecule has 1 aliphatic rings. The highest BCUT2D eigenvalue weighted by Gasteiger charge is 2.36. The maximum atomic E-state index is 12.8. The van der Waals surface area contributed by atoms with Crippen molar-refractivity contribution in [3.8, 4) is 11.5 Å². The molecular formula is C19H24I3N3O11. The summed E-state index contributed by atoms with van der Waals surface area (Å²) in [6.07, 6.45) is -2.07. The molecule has 1 fully saturated rings. The first kappa shape index (κ1) is 31.4. The quantitative estimate of drug-likeness (QED) is 0.144. The van der Waals surface area contributed by atoms with Crippen molar-refractivity contribution < 1.29 is 54.1 Å². The maximum Gasteiger partial charge on any atom is 0.413 e. The predicted octanol–water partition coefficient (Wildman–Crippen LogP) is -0.892. The third kappa shape index (κ3) is 7.61. The van der Waals surface area contributed by atoms with E-state index < -0.39 is 69.3 Å². The summed E-state index contributed by atoms with van der Waals surface area (Å²) in [5.41, 5.74) is 0.191. The van der Waals surface area contributed by atoms with E-state index in [1.54, 1.807) is 22.6 Å². The molecule has 1 heterocycles. The van der Waals surface area contributed by atoms with E-state index in [-0.39, 0.29) is 41.1 Å². The minimum Gasteiger partial charge on any atom is -0.408 e. The van der Waals surface area contributed by atoms with Gasteiger partial charge in [0.05, 0.1) is 70.6 Å². The molecule has 14 nitrogen and oxygen atoms in total. The Kier molecular flexibility index (Phi) is 13.0. The molecule has 17 heteroatoms. The van der Waals surface area contributed by atoms with Gasteiger partial charge in [-0.25, -0.2) is 9.59 Å². The molecular weight excluding hydrogens is 827 g/mol. The van der Waals surface area contributed by atoms with E-state index in [0.717, 1.165) is 0 Å². The number of rotatable bonds is 10. The number of aliphatic hydroxyl groups excluding tert-OH is 5. The topological polar surface area (TPSA) is 207 Å². The monoisotopic (exact) mass is 851 g/mol. The van der Waals surface area contributed by atoms with Gasteiger partial charge in [0.1, 0.15) is 10.2 Å². The van der Waals surface area contributed by atoms with Gasteiger partial charge >= 0.3 is 12.2 Å². The van der Waals surface area contributed by atoms with Crippen LogP contribution >= 0.6 is 67.8 Å². The summed E-state index contributed by atoms with van der Waals surface area (Å²) in [7, 11) is 0. The van der Waals surface area contributed by atoms with Gasteiger partial charge in [0.15, 0.2) is 11.5 Å². The van der Waals surface area contributed by atoms with Crippen molar-refractivity contribution in [1.29, 1.82) is 0 Å². The third-order valence-corrected chi connectivity index (χ3v) is 7.73. The number of hydrogen-bond acceptors (Lipinski definition) is 11. The van der Waals surface area contributed by atoms with Crippen LogP contribution in [0.25, 0.3) is 0 Å². The summed E-state index contributed by atoms with van der Waals surface area (Å²) < 4.78 is 16.8. The van der Waals surface area contributed by atoms with Crippen LogP contribution in [0.3, 0.4) is 0 Å². The Hall–Kier alpha value is -0.820. The lowest BCUT2D eigenvalue weighted by molar-refractivity contribution is -0.128. The minimum absolute atomic E-state index is 0.0249. The van der Waals surface area contributed by atoms with E-state index in [4.69, 9.17) is 14.2 Å². The molecule has 1 atom stereocenters. The maximum absolute atomic E-state index is 12.8. The molecule has 0 bridgehead atoms. The second kappa shape index (κ2) is 14.9. The van der Waals surface area contributed by atoms with Crippen molar-refractivity contribution in [2.75, 3.05) is 51.1 Å². The molecule has 1 aromatic rings. The van der Waals surface area contributed by atoms with Crippen LogP contribution in [-0.4, -0.2) is 108 Å². The lowest BCUT2D eigenvalue weighted by Gasteiger charge is -2.36. The Morgan fingerprint density at radius 3 is 1.72 bits per heavy atom. The van der Waals surface area contributed by atoms with Gasteiger partial charge in [0.25, 0.3) is 5.91 Å². The fourth-order valence-electron chi connectivity index (χ4n) is 2.95. The van der Waals surface area contributed by atoms with Crippen LogP contribution in [0.2, 0.25) is 0 Å². The number of carbonyl (C=O) groups excluding carboxylic acids is 3. The summed E-state index contributed by atoms with van der Waals surface area (Å²) in [6, 6.07) is -2.77. The summed E-state index contributed by atoms with van der Waals surface area (Å²) in [6.45, 7) is -2.90. The van der Waals surface area contributed by atoms with Gasteiger partial charge in [0.2, 0.25) is 0 Å². The van der Waals surface area contributed by atoms with Crippen LogP contribution in [0.15, 0.2) is 0 Å². The van der Waals surface area contributed by atoms with Gasteiger partial charge in [-0.05, 0) is 67.8 Å². The second-order valence-corrected chi connectivity index (χ2v) is 10.5. The molecule has 202 valence electrons. The number of ether oxygens (including phenoxy) is 3. The first-order chi connectivity index (χ1) is 17.1. The Labute approximate surface area is 246 Å². The highest BCUT2D eigenvalue weighted by molar-refractivity contribution is 14.1. The summed E-state index contributed by atoms with van der Waals surface area (Å²) in [5, 5.41) is 51.3. The molecule has 2 rings (SSSR count). The van der Waals surface area contributed by atoms with E-state index in [1.807, 2.05) is 45.2 Å². The molecule has 1 aromatic carbocycles. The highest BCUT2D eigenvalue weighted by Crippen LogP contribution is 2.46. The van der Waals surface area contributed by atoms with Crippen LogP contribution < -0.4 is 25.0 Å². The lowest BCUT2D eigenvalue weighted by Crippen LogP contribution is -2.52. The average molecular weight is 851 g/mol. The van der Waals surface area contributed by atoms with E-state index >= 15 is 0 Å². The number of anilines is 1. The molecule has 1 unspecified atom stereocenters. The first-order valence-electron chi connectivity index (χ1n) is 10.2. The van der Waals surface area contributed by atoms with E-state index in [1.165, 1.54) is 4.90 Å². The van der Waals surface area contributed by atoms with Crippen LogP contribution in [-0.2, 0) is 9.53 Å². The van der Waals surface area contributed by atoms with Gasteiger partial charge in [0, 0.05) is 0 Å². The number of halogens is 3. The Morgan fingerprint density at radius 2 is 1.33 bits per heavy atom. The summed E-state index contributed by atoms with van der Waals surface area (Å²) in [4.78, 5) is 39.0. The predicted molar refractivity (Wildman–Crippen MR) is 148 cm³/mol. The molecule has 0 radical (unpaired) electrons. The SMILES string of the molecule is O=C(NC(CO)CO)Oc1c(I)c(OC(=O)NC(CO)CO)c(I)c(N2C(=O)COCC2CO)c1I. The van der Waals surface area contributed by atoms with Crippen molar-refractivity contribution >= 4 is 91.6 Å². The zero-order valence-electron chi connectivity index (χ0n) is 18.4. The third-order valence-electron chi connectivity index (χ3n) is 4.75. The molecule has 0 spiro atoms. The fraction of sp³-hybridized carbons (Fsp3) is 0.526. The van der Waals surface area contributed by atoms with E-state index in [2.05, 4.69) is 10.6 Å². The van der Waals surface area contributed by atoms with Crippen molar-refractivity contribution in [3.05, 3.63) is 10.7 Å². The minimum atomic E-state index is -1.03. The van der Waals surface area contributed by atoms with Gasteiger partial charge in [-0.1, -0.05) is 0 Å². The Balaban J connectivity index is 2.61. The Morgan fingerprint density at radius 1 is 0.889 bits per heavy atom. The van der Waals surface area contributed by atoms with Gasteiger partial charge in [-0.2, -0.15) is 0 Å². The molecule has 0 aromatic heterocycles. The molecule has 7 N–H and O–H groups in total. The number of nitrogens with zero attached hydrogens (tertiary/aromatic N) is 1. The van der Waals surface area contributed by atoms with Gasteiger partial charge in [-0.15, -0.1) is 0 Å². The van der Waals surface area contributed by atoms with Crippen LogP contribution in [0.1, 0.15) is 0 Å². The molecule has 36 heavy (non-hydrogen) atoms. The number of hydrogen-bond donors (Lipinski definition) is 7. The molecule has 1 saturated heterocycles. The zero-order valence-corrected chi connectivity index (χ0v) is 24.9. The number of carbonyl (C=O) groups is 3. The largest absolute Gasteiger partial charge is 0.413 e. The smallest absolute Gasteiger partial charge is 0.408 e. The number of amides is 3. The van der Waals surface area contributed by atoms with E-state index in [9.17, 15) is 39.9 Å². The molecule has 3 amide bonds. The average Bonchev–Trinajstić information content (AvgIpc) is 2.87. The molecule has 1 aliphatic heterocycles. The highest BCUT2D eigenvalue weighted by atomic mass is 127. The van der Waals surface area contributed by atoms with Gasteiger partial charge < -0.3 is 55.3 Å². The first-order valence-corrected chi connectivity index (χ1v) is 13.5. The fourth-order valence-corrected chi connectivity index (χ4v) is 7.07. The van der Waals surface area contributed by atoms with Crippen molar-refractivity contribution in [2.24, 2.45) is 0 Å².